The lowest BCUT2D eigenvalue weighted by Gasteiger charge is -2.41. The minimum atomic E-state index is -1.84. The monoisotopic (exact) mass is 412 g/mol. The summed E-state index contributed by atoms with van der Waals surface area (Å²) in [6.45, 7) is -0.301. The molecule has 3 aliphatic rings. The molecular formula is C21H20N2O7. The average molecular weight is 412 g/mol. The van der Waals surface area contributed by atoms with Crippen LogP contribution >= 0.6 is 0 Å². The van der Waals surface area contributed by atoms with Crippen molar-refractivity contribution in [3.05, 3.63) is 52.6 Å². The fourth-order valence-electron chi connectivity index (χ4n) is 4.44. The Hall–Kier alpha value is -3.62. The molecule has 0 saturated heterocycles. The van der Waals surface area contributed by atoms with E-state index in [4.69, 9.17) is 19.9 Å². The van der Waals surface area contributed by atoms with Crippen LogP contribution in [0.1, 0.15) is 24.8 Å². The lowest BCUT2D eigenvalue weighted by molar-refractivity contribution is -0.145. The summed E-state index contributed by atoms with van der Waals surface area (Å²) in [5, 5.41) is 0. The largest absolute Gasteiger partial charge is 0.468 e. The van der Waals surface area contributed by atoms with E-state index in [1.54, 1.807) is 24.3 Å². The summed E-state index contributed by atoms with van der Waals surface area (Å²) < 4.78 is 15.2. The van der Waals surface area contributed by atoms with Crippen LogP contribution in [0.2, 0.25) is 0 Å². The normalized spacial score (nSPS) is 22.7. The molecule has 0 amide bonds. The van der Waals surface area contributed by atoms with E-state index in [2.05, 4.69) is 0 Å². The number of hydrogen-bond donors (Lipinski definition) is 1. The second-order valence-corrected chi connectivity index (χ2v) is 7.15. The maximum atomic E-state index is 13.4. The van der Waals surface area contributed by atoms with E-state index in [0.29, 0.717) is 24.1 Å². The van der Waals surface area contributed by atoms with Gasteiger partial charge in [0.1, 0.15) is 23.7 Å². The Morgan fingerprint density at radius 2 is 1.90 bits per heavy atom. The minimum Gasteiger partial charge on any atom is -0.468 e. The molecular weight excluding hydrogens is 392 g/mol. The zero-order valence-corrected chi connectivity index (χ0v) is 16.5. The molecule has 30 heavy (non-hydrogen) atoms. The van der Waals surface area contributed by atoms with Gasteiger partial charge in [-0.05, 0) is 12.5 Å². The molecule has 9 heteroatoms. The van der Waals surface area contributed by atoms with Crippen molar-refractivity contribution in [1.29, 1.82) is 0 Å². The fraction of sp³-hybridized carbons (Fsp3) is 0.333. The first-order valence-corrected chi connectivity index (χ1v) is 9.39. The van der Waals surface area contributed by atoms with Crippen LogP contribution in [0, 0.1) is 0 Å². The maximum Gasteiger partial charge on any atom is 0.339 e. The minimum absolute atomic E-state index is 0.118. The van der Waals surface area contributed by atoms with Gasteiger partial charge in [-0.3, -0.25) is 9.59 Å². The van der Waals surface area contributed by atoms with Crippen LogP contribution in [0.5, 0.6) is 0 Å². The van der Waals surface area contributed by atoms with E-state index in [1.165, 1.54) is 12.0 Å². The van der Waals surface area contributed by atoms with E-state index < -0.39 is 23.3 Å². The highest BCUT2D eigenvalue weighted by Crippen LogP contribution is 2.55. The second kappa shape index (κ2) is 7.01. The van der Waals surface area contributed by atoms with Gasteiger partial charge in [0.25, 0.3) is 0 Å². The number of carbonyl (C=O) groups excluding carboxylic acids is 4. The SMILES string of the molecule is COC(=O)CN1C(N)=C(C(=O)OC)C2(C(=O)OC3=C2C(=O)CCC3)c2ccccc21. The number of allylic oxidation sites excluding steroid dienone is 1. The summed E-state index contributed by atoms with van der Waals surface area (Å²) in [6, 6.07) is 6.64. The predicted octanol–water partition coefficient (Wildman–Crippen LogP) is 0.825. The molecule has 0 bridgehead atoms. The van der Waals surface area contributed by atoms with Gasteiger partial charge >= 0.3 is 17.9 Å². The zero-order valence-electron chi connectivity index (χ0n) is 16.5. The molecule has 2 N–H and O–H groups in total. The first kappa shape index (κ1) is 19.7. The van der Waals surface area contributed by atoms with Crippen molar-refractivity contribution in [1.82, 2.24) is 0 Å². The number of esters is 3. The Bertz CT molecular complexity index is 1060. The van der Waals surface area contributed by atoms with Crippen molar-refractivity contribution in [2.24, 2.45) is 5.73 Å². The van der Waals surface area contributed by atoms with Gasteiger partial charge in [-0.25, -0.2) is 9.59 Å². The molecule has 2 heterocycles. The van der Waals surface area contributed by atoms with E-state index in [-0.39, 0.29) is 41.5 Å². The van der Waals surface area contributed by atoms with Crippen LogP contribution in [-0.4, -0.2) is 44.5 Å². The molecule has 0 fully saturated rings. The third-order valence-electron chi connectivity index (χ3n) is 5.69. The number of para-hydroxylation sites is 1. The van der Waals surface area contributed by atoms with Crippen molar-refractivity contribution >= 4 is 29.4 Å². The summed E-state index contributed by atoms with van der Waals surface area (Å²) in [5.41, 5.74) is 5.12. The summed E-state index contributed by atoms with van der Waals surface area (Å²) >= 11 is 0. The number of anilines is 1. The summed E-state index contributed by atoms with van der Waals surface area (Å²) in [4.78, 5) is 52.7. The second-order valence-electron chi connectivity index (χ2n) is 7.15. The molecule has 0 radical (unpaired) electrons. The van der Waals surface area contributed by atoms with Gasteiger partial charge in [0.15, 0.2) is 11.2 Å². The number of Topliss-reactive ketones (excluding diaryl/α,β-unsaturated/α-hetero) is 1. The van der Waals surface area contributed by atoms with Gasteiger partial charge in [-0.1, -0.05) is 18.2 Å². The van der Waals surface area contributed by atoms with Crippen LogP contribution in [0.15, 0.2) is 47.0 Å². The van der Waals surface area contributed by atoms with Crippen LogP contribution < -0.4 is 10.6 Å². The van der Waals surface area contributed by atoms with Gasteiger partial charge in [0, 0.05) is 24.1 Å². The van der Waals surface area contributed by atoms with Crippen molar-refractivity contribution in [3.63, 3.8) is 0 Å². The molecule has 2 aliphatic heterocycles. The van der Waals surface area contributed by atoms with Gasteiger partial charge in [-0.15, -0.1) is 0 Å². The molecule has 1 unspecified atom stereocenters. The quantitative estimate of drug-likeness (QED) is 0.567. The van der Waals surface area contributed by atoms with E-state index in [0.717, 1.165) is 7.11 Å². The van der Waals surface area contributed by atoms with Gasteiger partial charge in [-0.2, -0.15) is 0 Å². The molecule has 1 aromatic rings. The van der Waals surface area contributed by atoms with Crippen LogP contribution in [-0.2, 0) is 38.8 Å². The Morgan fingerprint density at radius 3 is 2.60 bits per heavy atom. The Kier molecular flexibility index (Phi) is 4.60. The van der Waals surface area contributed by atoms with E-state index >= 15 is 0 Å². The first-order valence-electron chi connectivity index (χ1n) is 9.39. The number of hydrogen-bond acceptors (Lipinski definition) is 9. The molecule has 1 aromatic carbocycles. The molecule has 4 rings (SSSR count). The summed E-state index contributed by atoms with van der Waals surface area (Å²) in [5.74, 6) is -2.48. The van der Waals surface area contributed by atoms with E-state index in [9.17, 15) is 19.2 Å². The lowest BCUT2D eigenvalue weighted by atomic mass is 9.64. The number of nitrogens with two attached hydrogens (primary N) is 1. The Balaban J connectivity index is 2.08. The molecule has 0 aromatic heterocycles. The van der Waals surface area contributed by atoms with Crippen LogP contribution in [0.4, 0.5) is 5.69 Å². The zero-order chi connectivity index (χ0) is 21.6. The molecule has 1 spiro atoms. The number of nitrogens with zero attached hydrogens (tertiary/aromatic N) is 1. The Morgan fingerprint density at radius 1 is 1.17 bits per heavy atom. The number of ketones is 1. The van der Waals surface area contributed by atoms with Gasteiger partial charge in [0.05, 0.1) is 19.8 Å². The third kappa shape index (κ3) is 2.47. The standard InChI is InChI=1S/C21H20N2O7/c1-28-15(25)10-23-12-7-4-3-6-11(12)21(17(18(23)22)19(26)29-2)16-13(24)8-5-9-14(16)30-20(21)27/h3-4,6-7H,5,8-10,22H2,1-2H3. The number of carbonyl (C=O) groups is 4. The van der Waals surface area contributed by atoms with Gasteiger partial charge < -0.3 is 24.8 Å². The average Bonchev–Trinajstić information content (AvgIpc) is 3.04. The molecule has 1 atom stereocenters. The van der Waals surface area contributed by atoms with Gasteiger partial charge in [0.2, 0.25) is 0 Å². The highest BCUT2D eigenvalue weighted by atomic mass is 16.5. The maximum absolute atomic E-state index is 13.4. The van der Waals surface area contributed by atoms with Crippen molar-refractivity contribution in [2.45, 2.75) is 24.7 Å². The number of rotatable bonds is 3. The molecule has 0 saturated carbocycles. The number of ether oxygens (including phenoxy) is 3. The van der Waals surface area contributed by atoms with Crippen LogP contribution in [0.25, 0.3) is 0 Å². The number of methoxy groups -OCH3 is 2. The highest BCUT2D eigenvalue weighted by molar-refractivity contribution is 6.18. The highest BCUT2D eigenvalue weighted by Gasteiger charge is 2.63. The topological polar surface area (TPSA) is 125 Å². The summed E-state index contributed by atoms with van der Waals surface area (Å²) in [7, 11) is 2.38. The van der Waals surface area contributed by atoms with Crippen molar-refractivity contribution in [3.8, 4) is 0 Å². The summed E-state index contributed by atoms with van der Waals surface area (Å²) in [6.07, 6.45) is 1.17. The smallest absolute Gasteiger partial charge is 0.339 e. The molecule has 156 valence electrons. The van der Waals surface area contributed by atoms with Crippen molar-refractivity contribution < 1.29 is 33.4 Å². The molecule has 9 nitrogen and oxygen atoms in total. The fourth-order valence-corrected chi connectivity index (χ4v) is 4.44. The number of benzene rings is 1. The predicted molar refractivity (Wildman–Crippen MR) is 103 cm³/mol. The van der Waals surface area contributed by atoms with E-state index in [1.807, 2.05) is 0 Å². The third-order valence-corrected chi connectivity index (χ3v) is 5.69. The Labute approximate surface area is 172 Å². The lowest BCUT2D eigenvalue weighted by Crippen LogP contribution is -2.51. The van der Waals surface area contributed by atoms with Crippen LogP contribution in [0.3, 0.4) is 0 Å². The first-order chi connectivity index (χ1) is 14.4. The number of fused-ring (bicyclic) bond motifs is 3. The molecule has 1 aliphatic carbocycles. The van der Waals surface area contributed by atoms with Crippen molar-refractivity contribution in [2.75, 3.05) is 25.7 Å².